The molecule has 0 atom stereocenters. The molecule has 2 aromatic rings. The second-order valence-electron chi connectivity index (χ2n) is 5.75. The quantitative estimate of drug-likeness (QED) is 0.753. The van der Waals surface area contributed by atoms with Crippen molar-refractivity contribution in [2.24, 2.45) is 0 Å². The van der Waals surface area contributed by atoms with Gasteiger partial charge in [-0.2, -0.15) is 5.10 Å². The van der Waals surface area contributed by atoms with Crippen LogP contribution >= 0.6 is 0 Å². The molecule has 3 heterocycles. The molecule has 9 heteroatoms. The van der Waals surface area contributed by atoms with Gasteiger partial charge in [-0.05, 0) is 31.0 Å². The van der Waals surface area contributed by atoms with Gasteiger partial charge in [-0.15, -0.1) is 0 Å². The standard InChI is InChI=1S/C16H17N5O4/c22-14(18-11-3-7-21(8-4-11)16(24)25)12-9-13(19-20-15(12)23)10-1-5-17-6-2-10/h1-2,5-6,9,11H,3-4,7-8H2,(H,18,22)(H,20,23)(H,24,25). The average Bonchev–Trinajstić information content (AvgIpc) is 2.63. The van der Waals surface area contributed by atoms with Crippen molar-refractivity contribution in [2.75, 3.05) is 13.1 Å². The number of likely N-dealkylation sites (tertiary alicyclic amines) is 1. The maximum absolute atomic E-state index is 12.4. The smallest absolute Gasteiger partial charge is 0.407 e. The fourth-order valence-corrected chi connectivity index (χ4v) is 2.72. The molecule has 0 bridgehead atoms. The summed E-state index contributed by atoms with van der Waals surface area (Å²) in [6.07, 6.45) is 3.25. The first-order valence-corrected chi connectivity index (χ1v) is 7.83. The molecule has 9 nitrogen and oxygen atoms in total. The Bertz CT molecular complexity index is 828. The maximum Gasteiger partial charge on any atom is 0.407 e. The van der Waals surface area contributed by atoms with E-state index < -0.39 is 17.6 Å². The van der Waals surface area contributed by atoms with E-state index >= 15 is 0 Å². The van der Waals surface area contributed by atoms with E-state index in [4.69, 9.17) is 5.11 Å². The van der Waals surface area contributed by atoms with Gasteiger partial charge in [0, 0.05) is 37.1 Å². The van der Waals surface area contributed by atoms with Gasteiger partial charge in [-0.25, -0.2) is 9.89 Å². The molecule has 3 N–H and O–H groups in total. The number of carboxylic acid groups (broad SMARTS) is 1. The number of rotatable bonds is 3. The van der Waals surface area contributed by atoms with Gasteiger partial charge in [-0.3, -0.25) is 14.6 Å². The van der Waals surface area contributed by atoms with Gasteiger partial charge in [0.2, 0.25) is 0 Å². The molecule has 0 spiro atoms. The molecule has 2 aromatic heterocycles. The van der Waals surface area contributed by atoms with Gasteiger partial charge in [0.15, 0.2) is 0 Å². The summed E-state index contributed by atoms with van der Waals surface area (Å²) in [7, 11) is 0. The Morgan fingerprint density at radius 3 is 2.56 bits per heavy atom. The Hall–Kier alpha value is -3.23. The predicted octanol–water partition coefficient (Wildman–Crippen LogP) is 0.704. The summed E-state index contributed by atoms with van der Waals surface area (Å²) in [5, 5.41) is 18.0. The van der Waals surface area contributed by atoms with E-state index in [-0.39, 0.29) is 11.6 Å². The highest BCUT2D eigenvalue weighted by molar-refractivity contribution is 5.94. The Morgan fingerprint density at radius 1 is 1.24 bits per heavy atom. The van der Waals surface area contributed by atoms with Crippen molar-refractivity contribution in [3.8, 4) is 11.3 Å². The van der Waals surface area contributed by atoms with Crippen LogP contribution in [-0.4, -0.2) is 56.3 Å². The first-order chi connectivity index (χ1) is 12.0. The fourth-order valence-electron chi connectivity index (χ4n) is 2.72. The second kappa shape index (κ2) is 7.12. The number of nitrogens with one attached hydrogen (secondary N) is 2. The molecule has 25 heavy (non-hydrogen) atoms. The number of piperidine rings is 1. The van der Waals surface area contributed by atoms with Gasteiger partial charge in [-0.1, -0.05) is 0 Å². The third kappa shape index (κ3) is 3.82. The molecule has 0 saturated carbocycles. The van der Waals surface area contributed by atoms with Crippen molar-refractivity contribution in [3.05, 3.63) is 46.5 Å². The van der Waals surface area contributed by atoms with Crippen LogP contribution in [-0.2, 0) is 0 Å². The van der Waals surface area contributed by atoms with Crippen molar-refractivity contribution in [2.45, 2.75) is 18.9 Å². The zero-order chi connectivity index (χ0) is 17.8. The molecule has 0 aromatic carbocycles. The molecule has 0 aliphatic carbocycles. The average molecular weight is 343 g/mol. The van der Waals surface area contributed by atoms with Crippen LogP contribution in [0.4, 0.5) is 4.79 Å². The third-order valence-corrected chi connectivity index (χ3v) is 4.12. The number of hydrogen-bond acceptors (Lipinski definition) is 5. The number of nitrogens with zero attached hydrogens (tertiary/aromatic N) is 3. The summed E-state index contributed by atoms with van der Waals surface area (Å²) in [4.78, 5) is 40.5. The molecule has 0 unspecified atom stereocenters. The van der Waals surface area contributed by atoms with Crippen molar-refractivity contribution >= 4 is 12.0 Å². The zero-order valence-electron chi connectivity index (χ0n) is 13.3. The molecule has 1 fully saturated rings. The SMILES string of the molecule is O=C(NC1CCN(C(=O)O)CC1)c1cc(-c2ccncc2)n[nH]c1=O. The van der Waals surface area contributed by atoms with Crippen LogP contribution in [0.25, 0.3) is 11.3 Å². The number of aromatic nitrogens is 3. The first kappa shape index (κ1) is 16.6. The van der Waals surface area contributed by atoms with E-state index in [2.05, 4.69) is 20.5 Å². The largest absolute Gasteiger partial charge is 0.465 e. The number of pyridine rings is 1. The molecule has 3 rings (SSSR count). The molecule has 0 radical (unpaired) electrons. The lowest BCUT2D eigenvalue weighted by Crippen LogP contribution is -2.47. The summed E-state index contributed by atoms with van der Waals surface area (Å²) in [5.41, 5.74) is 0.601. The summed E-state index contributed by atoms with van der Waals surface area (Å²) in [5.74, 6) is -0.493. The Balaban J connectivity index is 1.72. The van der Waals surface area contributed by atoms with Crippen LogP contribution in [0, 0.1) is 0 Å². The minimum absolute atomic E-state index is 0.0255. The van der Waals surface area contributed by atoms with E-state index in [1.807, 2.05) is 0 Å². The molecular weight excluding hydrogens is 326 g/mol. The Kier molecular flexibility index (Phi) is 4.73. The molecule has 130 valence electrons. The van der Waals surface area contributed by atoms with Crippen LogP contribution in [0.2, 0.25) is 0 Å². The summed E-state index contributed by atoms with van der Waals surface area (Å²) >= 11 is 0. The van der Waals surface area contributed by atoms with Gasteiger partial charge in [0.25, 0.3) is 11.5 Å². The van der Waals surface area contributed by atoms with Crippen molar-refractivity contribution < 1.29 is 14.7 Å². The lowest BCUT2D eigenvalue weighted by Gasteiger charge is -2.30. The minimum Gasteiger partial charge on any atom is -0.465 e. The third-order valence-electron chi connectivity index (χ3n) is 4.12. The highest BCUT2D eigenvalue weighted by Gasteiger charge is 2.24. The number of amides is 2. The fraction of sp³-hybridized carbons (Fsp3) is 0.312. The van der Waals surface area contributed by atoms with Crippen molar-refractivity contribution in [1.82, 2.24) is 25.4 Å². The Labute approximate surface area is 142 Å². The van der Waals surface area contributed by atoms with Crippen LogP contribution in [0.15, 0.2) is 35.4 Å². The number of carbonyl (C=O) groups excluding carboxylic acids is 1. The van der Waals surface area contributed by atoms with E-state index in [0.29, 0.717) is 31.6 Å². The number of hydrogen-bond donors (Lipinski definition) is 3. The molecule has 1 aliphatic rings. The van der Waals surface area contributed by atoms with Crippen LogP contribution in [0.5, 0.6) is 0 Å². The minimum atomic E-state index is -0.961. The second-order valence-corrected chi connectivity index (χ2v) is 5.75. The maximum atomic E-state index is 12.4. The van der Waals surface area contributed by atoms with E-state index in [1.54, 1.807) is 24.5 Å². The molecule has 2 amide bonds. The van der Waals surface area contributed by atoms with Crippen LogP contribution < -0.4 is 10.9 Å². The summed E-state index contributed by atoms with van der Waals surface area (Å²) < 4.78 is 0. The number of carbonyl (C=O) groups is 2. The van der Waals surface area contributed by atoms with Gasteiger partial charge in [0.05, 0.1) is 5.69 Å². The summed E-state index contributed by atoms with van der Waals surface area (Å²) in [6, 6.07) is 4.73. The predicted molar refractivity (Wildman–Crippen MR) is 88.2 cm³/mol. The lowest BCUT2D eigenvalue weighted by molar-refractivity contribution is 0.0905. The first-order valence-electron chi connectivity index (χ1n) is 7.83. The number of H-pyrrole nitrogens is 1. The van der Waals surface area contributed by atoms with Crippen molar-refractivity contribution in [3.63, 3.8) is 0 Å². The van der Waals surface area contributed by atoms with Crippen LogP contribution in [0.3, 0.4) is 0 Å². The summed E-state index contributed by atoms with van der Waals surface area (Å²) in [6.45, 7) is 0.713. The topological polar surface area (TPSA) is 128 Å². The Morgan fingerprint density at radius 2 is 1.92 bits per heavy atom. The molecule has 1 saturated heterocycles. The highest BCUT2D eigenvalue weighted by atomic mass is 16.4. The molecule has 1 aliphatic heterocycles. The number of aromatic amines is 1. The zero-order valence-corrected chi connectivity index (χ0v) is 13.3. The highest BCUT2D eigenvalue weighted by Crippen LogP contribution is 2.15. The lowest BCUT2D eigenvalue weighted by atomic mass is 10.0. The van der Waals surface area contributed by atoms with E-state index in [0.717, 1.165) is 5.56 Å². The molecular formula is C16H17N5O4. The normalized spacial score (nSPS) is 15.0. The van der Waals surface area contributed by atoms with Gasteiger partial charge >= 0.3 is 6.09 Å². The van der Waals surface area contributed by atoms with Crippen LogP contribution in [0.1, 0.15) is 23.2 Å². The monoisotopic (exact) mass is 343 g/mol. The van der Waals surface area contributed by atoms with E-state index in [9.17, 15) is 14.4 Å². The van der Waals surface area contributed by atoms with Gasteiger partial charge in [0.1, 0.15) is 5.56 Å². The van der Waals surface area contributed by atoms with Crippen molar-refractivity contribution in [1.29, 1.82) is 0 Å². The van der Waals surface area contributed by atoms with E-state index in [1.165, 1.54) is 11.0 Å². The van der Waals surface area contributed by atoms with Gasteiger partial charge < -0.3 is 15.3 Å².